The van der Waals surface area contributed by atoms with Gasteiger partial charge in [-0.05, 0) is 0 Å². The van der Waals surface area contributed by atoms with Gasteiger partial charge in [-0.3, -0.25) is 0 Å². The van der Waals surface area contributed by atoms with Crippen molar-refractivity contribution in [3.63, 3.8) is 0 Å². The number of aromatic nitrogens is 2. The second kappa shape index (κ2) is 3.48. The summed E-state index contributed by atoms with van der Waals surface area (Å²) in [6.07, 6.45) is 2.71. The van der Waals surface area contributed by atoms with Crippen LogP contribution >= 0.6 is 0 Å². The molecule has 0 unspecified atom stereocenters. The van der Waals surface area contributed by atoms with Crippen LogP contribution in [-0.4, -0.2) is 17.4 Å². The summed E-state index contributed by atoms with van der Waals surface area (Å²) in [5.74, 6) is 0.318. The van der Waals surface area contributed by atoms with Gasteiger partial charge in [0.05, 0.1) is 0 Å². The lowest BCUT2D eigenvalue weighted by molar-refractivity contribution is 0.589. The average molecular weight is 223 g/mol. The average Bonchev–Trinajstić information content (AvgIpc) is 2.67. The fourth-order valence-electron chi connectivity index (χ4n) is 1.29. The summed E-state index contributed by atoms with van der Waals surface area (Å²) in [5, 5.41) is 5.03. The van der Waals surface area contributed by atoms with Gasteiger partial charge >= 0.3 is 10.2 Å². The van der Waals surface area contributed by atoms with E-state index in [1.54, 1.807) is 24.3 Å². The molecule has 0 spiro atoms. The summed E-state index contributed by atoms with van der Waals surface area (Å²) >= 11 is 0. The maximum Gasteiger partial charge on any atom is 0.304 e. The van der Waals surface area contributed by atoms with Crippen molar-refractivity contribution >= 4 is 10.2 Å². The molecule has 0 radical (unpaired) electrons. The zero-order valence-electron chi connectivity index (χ0n) is 7.74. The third-order valence-electron chi connectivity index (χ3n) is 1.91. The van der Waals surface area contributed by atoms with Crippen LogP contribution in [0.5, 0.6) is 0 Å². The van der Waals surface area contributed by atoms with Crippen LogP contribution < -0.4 is 5.14 Å². The van der Waals surface area contributed by atoms with Gasteiger partial charge in [0.25, 0.3) is 0 Å². The Bertz CT molecular complexity index is 560. The van der Waals surface area contributed by atoms with E-state index in [0.717, 1.165) is 3.97 Å². The first-order valence-corrected chi connectivity index (χ1v) is 5.71. The Hall–Kier alpha value is -1.66. The molecular formula is C9H9N3O2S. The van der Waals surface area contributed by atoms with Gasteiger partial charge in [-0.2, -0.15) is 8.42 Å². The fourth-order valence-corrected chi connectivity index (χ4v) is 1.90. The second-order valence-electron chi connectivity index (χ2n) is 2.96. The molecule has 0 bridgehead atoms. The highest BCUT2D eigenvalue weighted by atomic mass is 32.2. The smallest absolute Gasteiger partial charge is 0.236 e. The van der Waals surface area contributed by atoms with Crippen molar-refractivity contribution < 1.29 is 8.42 Å². The van der Waals surface area contributed by atoms with Crippen molar-refractivity contribution in [1.29, 1.82) is 0 Å². The minimum atomic E-state index is -3.78. The Labute approximate surface area is 87.4 Å². The lowest BCUT2D eigenvalue weighted by Gasteiger charge is -2.03. The summed E-state index contributed by atoms with van der Waals surface area (Å²) in [7, 11) is -3.78. The molecule has 0 saturated heterocycles. The summed E-state index contributed by atoms with van der Waals surface area (Å²) in [5.41, 5.74) is 0.705. The Morgan fingerprint density at radius 3 is 2.47 bits per heavy atom. The van der Waals surface area contributed by atoms with Crippen LogP contribution in [0.4, 0.5) is 0 Å². The molecule has 0 amide bonds. The normalized spacial score (nSPS) is 11.5. The molecule has 0 aliphatic rings. The fraction of sp³-hybridized carbons (Fsp3) is 0. The molecule has 2 rings (SSSR count). The number of hydrogen-bond donors (Lipinski definition) is 1. The lowest BCUT2D eigenvalue weighted by Crippen LogP contribution is -2.21. The number of imidazole rings is 1. The molecular weight excluding hydrogens is 214 g/mol. The third-order valence-corrected chi connectivity index (χ3v) is 2.76. The summed E-state index contributed by atoms with van der Waals surface area (Å²) in [6.45, 7) is 0. The predicted molar refractivity (Wildman–Crippen MR) is 56.2 cm³/mol. The predicted octanol–water partition coefficient (Wildman–Crippen LogP) is 0.602. The number of nitrogens with zero attached hydrogens (tertiary/aromatic N) is 2. The van der Waals surface area contributed by atoms with Crippen LogP contribution in [0, 0.1) is 0 Å². The standard InChI is InChI=1S/C9H9N3O2S/c10-15(13,14)12-7-6-11-9(12)8-4-2-1-3-5-8/h1-7H,(H2,10,13,14). The van der Waals surface area contributed by atoms with Crippen molar-refractivity contribution in [1.82, 2.24) is 8.96 Å². The minimum absolute atomic E-state index is 0.318. The third kappa shape index (κ3) is 1.90. The highest BCUT2D eigenvalue weighted by Gasteiger charge is 2.12. The molecule has 78 valence electrons. The molecule has 0 atom stereocenters. The van der Waals surface area contributed by atoms with E-state index in [9.17, 15) is 8.42 Å². The molecule has 0 saturated carbocycles. The van der Waals surface area contributed by atoms with Crippen LogP contribution in [0.1, 0.15) is 0 Å². The Kier molecular flexibility index (Phi) is 2.29. The van der Waals surface area contributed by atoms with Crippen molar-refractivity contribution in [2.24, 2.45) is 5.14 Å². The maximum absolute atomic E-state index is 11.2. The molecule has 0 aliphatic heterocycles. The highest BCUT2D eigenvalue weighted by molar-refractivity contribution is 7.87. The summed E-state index contributed by atoms with van der Waals surface area (Å²) in [4.78, 5) is 3.96. The number of rotatable bonds is 2. The second-order valence-corrected chi connectivity index (χ2v) is 4.38. The van der Waals surface area contributed by atoms with Crippen molar-refractivity contribution in [3.05, 3.63) is 42.7 Å². The van der Waals surface area contributed by atoms with Crippen molar-refractivity contribution in [3.8, 4) is 11.4 Å². The maximum atomic E-state index is 11.2. The van der Waals surface area contributed by atoms with E-state index >= 15 is 0 Å². The van der Waals surface area contributed by atoms with Gasteiger partial charge in [0.15, 0.2) is 5.82 Å². The molecule has 15 heavy (non-hydrogen) atoms. The highest BCUT2D eigenvalue weighted by Crippen LogP contribution is 2.17. The van der Waals surface area contributed by atoms with Gasteiger partial charge in [-0.15, -0.1) is 0 Å². The van der Waals surface area contributed by atoms with Crippen LogP contribution in [0.2, 0.25) is 0 Å². The van der Waals surface area contributed by atoms with Gasteiger partial charge in [-0.25, -0.2) is 14.1 Å². The number of hydrogen-bond acceptors (Lipinski definition) is 3. The summed E-state index contributed by atoms with van der Waals surface area (Å²) < 4.78 is 23.3. The Morgan fingerprint density at radius 1 is 1.20 bits per heavy atom. The minimum Gasteiger partial charge on any atom is -0.236 e. The van der Waals surface area contributed by atoms with E-state index in [0.29, 0.717) is 11.4 Å². The quantitative estimate of drug-likeness (QED) is 0.809. The molecule has 0 fully saturated rings. The van der Waals surface area contributed by atoms with Gasteiger partial charge in [0.2, 0.25) is 0 Å². The molecule has 2 N–H and O–H groups in total. The molecule has 5 nitrogen and oxygen atoms in total. The first-order chi connectivity index (χ1) is 7.09. The molecule has 1 aromatic carbocycles. The molecule has 0 aliphatic carbocycles. The van der Waals surface area contributed by atoms with Crippen LogP contribution in [0.25, 0.3) is 11.4 Å². The zero-order chi connectivity index (χ0) is 10.9. The Balaban J connectivity index is 2.61. The molecule has 1 heterocycles. The number of nitrogens with two attached hydrogens (primary N) is 1. The van der Waals surface area contributed by atoms with E-state index in [-0.39, 0.29) is 0 Å². The SMILES string of the molecule is NS(=O)(=O)n1ccnc1-c1ccccc1. The van der Waals surface area contributed by atoms with Gasteiger partial charge in [0, 0.05) is 18.0 Å². The van der Waals surface area contributed by atoms with E-state index in [4.69, 9.17) is 5.14 Å². The largest absolute Gasteiger partial charge is 0.304 e. The molecule has 1 aromatic heterocycles. The van der Waals surface area contributed by atoms with Crippen molar-refractivity contribution in [2.45, 2.75) is 0 Å². The number of benzene rings is 1. The topological polar surface area (TPSA) is 78.0 Å². The molecule has 2 aromatic rings. The van der Waals surface area contributed by atoms with E-state index in [1.165, 1.54) is 12.4 Å². The first-order valence-electron chi connectivity index (χ1n) is 4.21. The van der Waals surface area contributed by atoms with Gasteiger partial charge < -0.3 is 0 Å². The van der Waals surface area contributed by atoms with Crippen LogP contribution in [0.3, 0.4) is 0 Å². The molecule has 6 heteroatoms. The Morgan fingerprint density at radius 2 is 1.87 bits per heavy atom. The zero-order valence-corrected chi connectivity index (χ0v) is 8.55. The van der Waals surface area contributed by atoms with E-state index < -0.39 is 10.2 Å². The van der Waals surface area contributed by atoms with Crippen LogP contribution in [0.15, 0.2) is 42.7 Å². The van der Waals surface area contributed by atoms with Crippen molar-refractivity contribution in [2.75, 3.05) is 0 Å². The monoisotopic (exact) mass is 223 g/mol. The van der Waals surface area contributed by atoms with Gasteiger partial charge in [-0.1, -0.05) is 30.3 Å². The first kappa shape index (κ1) is 9.88. The van der Waals surface area contributed by atoms with Crippen LogP contribution in [-0.2, 0) is 10.2 Å². The van der Waals surface area contributed by atoms with E-state index in [1.807, 2.05) is 6.07 Å². The summed E-state index contributed by atoms with van der Waals surface area (Å²) in [6, 6.07) is 8.98. The van der Waals surface area contributed by atoms with Gasteiger partial charge in [0.1, 0.15) is 0 Å². The lowest BCUT2D eigenvalue weighted by atomic mass is 10.2. The van der Waals surface area contributed by atoms with E-state index in [2.05, 4.69) is 4.98 Å².